The Balaban J connectivity index is 1.58. The summed E-state index contributed by atoms with van der Waals surface area (Å²) in [5, 5.41) is 0. The maximum atomic E-state index is 2.56. The lowest BCUT2D eigenvalue weighted by atomic mass is 9.91. The van der Waals surface area contributed by atoms with E-state index in [4.69, 9.17) is 0 Å². The highest BCUT2D eigenvalue weighted by atomic mass is 15.1. The lowest BCUT2D eigenvalue weighted by Gasteiger charge is -2.25. The van der Waals surface area contributed by atoms with Gasteiger partial charge in [0.15, 0.2) is 0 Å². The van der Waals surface area contributed by atoms with E-state index in [9.17, 15) is 0 Å². The third-order valence-electron chi connectivity index (χ3n) is 5.71. The quantitative estimate of drug-likeness (QED) is 0.779. The molecule has 2 heterocycles. The third-order valence-corrected chi connectivity index (χ3v) is 5.71. The molecule has 126 valence electrons. The average molecular weight is 320 g/mol. The smallest absolute Gasteiger partial charge is 0.0404 e. The van der Waals surface area contributed by atoms with Crippen LogP contribution in [0.15, 0.2) is 48.5 Å². The number of nitrogens with zero attached hydrogens (tertiary/aromatic N) is 2. The molecule has 0 radical (unpaired) electrons. The lowest BCUT2D eigenvalue weighted by molar-refractivity contribution is 0.884. The maximum Gasteiger partial charge on any atom is 0.0404 e. The van der Waals surface area contributed by atoms with Crippen LogP contribution in [0.4, 0.5) is 11.4 Å². The van der Waals surface area contributed by atoms with Gasteiger partial charge in [0.1, 0.15) is 0 Å². The molecule has 0 aromatic heterocycles. The summed E-state index contributed by atoms with van der Waals surface area (Å²) in [6, 6.07) is 18.3. The van der Waals surface area contributed by atoms with Gasteiger partial charge in [0.2, 0.25) is 0 Å². The Morgan fingerprint density at radius 2 is 1.29 bits per heavy atom. The van der Waals surface area contributed by atoms with Gasteiger partial charge < -0.3 is 9.80 Å². The van der Waals surface area contributed by atoms with E-state index in [-0.39, 0.29) is 0 Å². The van der Waals surface area contributed by atoms with E-state index in [0.29, 0.717) is 5.92 Å². The standard InChI is InChI=1S/C22H28N2/c1-18(19-10-12-20(13-11-19)23-14-4-5-15-23)21-8-2-3-9-22(21)24-16-6-7-17-24/h2-3,8-13,18H,4-7,14-17H2,1H3. The van der Waals surface area contributed by atoms with E-state index in [1.807, 2.05) is 0 Å². The van der Waals surface area contributed by atoms with Crippen molar-refractivity contribution in [3.63, 3.8) is 0 Å². The first-order valence-corrected chi connectivity index (χ1v) is 9.52. The second-order valence-electron chi connectivity index (χ2n) is 7.26. The van der Waals surface area contributed by atoms with Crippen LogP contribution in [0.5, 0.6) is 0 Å². The maximum absolute atomic E-state index is 2.56. The molecule has 1 atom stereocenters. The van der Waals surface area contributed by atoms with E-state index >= 15 is 0 Å². The van der Waals surface area contributed by atoms with Gasteiger partial charge in [-0.25, -0.2) is 0 Å². The Morgan fingerprint density at radius 3 is 1.96 bits per heavy atom. The zero-order valence-corrected chi connectivity index (χ0v) is 14.7. The second-order valence-corrected chi connectivity index (χ2v) is 7.26. The van der Waals surface area contributed by atoms with Crippen molar-refractivity contribution in [2.45, 2.75) is 38.5 Å². The fraction of sp³-hybridized carbons (Fsp3) is 0.455. The Bertz CT molecular complexity index is 665. The predicted octanol–water partition coefficient (Wildman–Crippen LogP) is 5.04. The number of hydrogen-bond donors (Lipinski definition) is 0. The van der Waals surface area contributed by atoms with Gasteiger partial charge in [-0.1, -0.05) is 37.3 Å². The minimum absolute atomic E-state index is 0.439. The first-order chi connectivity index (χ1) is 11.8. The molecule has 0 bridgehead atoms. The van der Waals surface area contributed by atoms with Crippen LogP contribution in [0, 0.1) is 0 Å². The van der Waals surface area contributed by atoms with Crippen molar-refractivity contribution in [3.8, 4) is 0 Å². The van der Waals surface area contributed by atoms with Crippen LogP contribution in [0.3, 0.4) is 0 Å². The molecule has 2 aromatic rings. The summed E-state index contributed by atoms with van der Waals surface area (Å²) in [6.07, 6.45) is 5.32. The molecule has 24 heavy (non-hydrogen) atoms. The van der Waals surface area contributed by atoms with Gasteiger partial charge in [0, 0.05) is 43.5 Å². The van der Waals surface area contributed by atoms with Crippen LogP contribution < -0.4 is 9.80 Å². The van der Waals surface area contributed by atoms with E-state index in [1.165, 1.54) is 74.4 Å². The zero-order chi connectivity index (χ0) is 16.4. The van der Waals surface area contributed by atoms with Gasteiger partial charge in [-0.05, 0) is 55.0 Å². The fourth-order valence-corrected chi connectivity index (χ4v) is 4.23. The summed E-state index contributed by atoms with van der Waals surface area (Å²) in [7, 11) is 0. The summed E-state index contributed by atoms with van der Waals surface area (Å²) in [5.74, 6) is 0.439. The topological polar surface area (TPSA) is 6.48 Å². The molecule has 2 heteroatoms. The highest BCUT2D eigenvalue weighted by Crippen LogP contribution is 2.34. The SMILES string of the molecule is CC(c1ccc(N2CCCC2)cc1)c1ccccc1N1CCCC1. The molecule has 0 saturated carbocycles. The predicted molar refractivity (Wildman–Crippen MR) is 103 cm³/mol. The summed E-state index contributed by atoms with van der Waals surface area (Å²) in [6.45, 7) is 7.19. The Kier molecular flexibility index (Phi) is 4.46. The van der Waals surface area contributed by atoms with Crippen LogP contribution in [0.1, 0.15) is 49.7 Å². The average Bonchev–Trinajstić information content (AvgIpc) is 3.35. The van der Waals surface area contributed by atoms with Gasteiger partial charge >= 0.3 is 0 Å². The number of hydrogen-bond acceptors (Lipinski definition) is 2. The summed E-state index contributed by atoms with van der Waals surface area (Å²) < 4.78 is 0. The van der Waals surface area contributed by atoms with Gasteiger partial charge in [0.25, 0.3) is 0 Å². The van der Waals surface area contributed by atoms with Crippen LogP contribution in [-0.4, -0.2) is 26.2 Å². The minimum atomic E-state index is 0.439. The van der Waals surface area contributed by atoms with Crippen molar-refractivity contribution in [2.75, 3.05) is 36.0 Å². The molecule has 2 saturated heterocycles. The van der Waals surface area contributed by atoms with Crippen LogP contribution in [-0.2, 0) is 0 Å². The van der Waals surface area contributed by atoms with Crippen LogP contribution in [0.25, 0.3) is 0 Å². The summed E-state index contributed by atoms with van der Waals surface area (Å²) in [5.41, 5.74) is 5.71. The monoisotopic (exact) mass is 320 g/mol. The summed E-state index contributed by atoms with van der Waals surface area (Å²) in [4.78, 5) is 5.07. The van der Waals surface area contributed by atoms with Crippen molar-refractivity contribution < 1.29 is 0 Å². The van der Waals surface area contributed by atoms with Gasteiger partial charge in [-0.2, -0.15) is 0 Å². The Hall–Kier alpha value is -1.96. The molecule has 2 aliphatic rings. The van der Waals surface area contributed by atoms with Gasteiger partial charge in [0.05, 0.1) is 0 Å². The lowest BCUT2D eigenvalue weighted by Crippen LogP contribution is -2.20. The molecular weight excluding hydrogens is 292 g/mol. The van der Waals surface area contributed by atoms with Crippen LogP contribution >= 0.6 is 0 Å². The molecule has 0 N–H and O–H groups in total. The van der Waals surface area contributed by atoms with Gasteiger partial charge in [-0.15, -0.1) is 0 Å². The molecule has 0 aliphatic carbocycles. The first-order valence-electron chi connectivity index (χ1n) is 9.52. The minimum Gasteiger partial charge on any atom is -0.372 e. The van der Waals surface area contributed by atoms with Crippen molar-refractivity contribution in [3.05, 3.63) is 59.7 Å². The number of anilines is 2. The largest absolute Gasteiger partial charge is 0.372 e. The second kappa shape index (κ2) is 6.88. The molecule has 0 spiro atoms. The van der Waals surface area contributed by atoms with E-state index in [1.54, 1.807) is 0 Å². The molecule has 2 aromatic carbocycles. The van der Waals surface area contributed by atoms with Crippen LogP contribution in [0.2, 0.25) is 0 Å². The fourth-order valence-electron chi connectivity index (χ4n) is 4.23. The van der Waals surface area contributed by atoms with E-state index < -0.39 is 0 Å². The zero-order valence-electron chi connectivity index (χ0n) is 14.7. The Morgan fingerprint density at radius 1 is 0.708 bits per heavy atom. The molecule has 2 nitrogen and oxygen atoms in total. The molecule has 4 rings (SSSR count). The highest BCUT2D eigenvalue weighted by molar-refractivity contribution is 5.58. The van der Waals surface area contributed by atoms with Gasteiger partial charge in [-0.3, -0.25) is 0 Å². The number of rotatable bonds is 4. The first kappa shape index (κ1) is 15.6. The molecule has 0 amide bonds. The number of para-hydroxylation sites is 1. The van der Waals surface area contributed by atoms with Crippen molar-refractivity contribution in [1.82, 2.24) is 0 Å². The molecule has 1 unspecified atom stereocenters. The third kappa shape index (κ3) is 3.02. The van der Waals surface area contributed by atoms with E-state index in [2.05, 4.69) is 65.3 Å². The van der Waals surface area contributed by atoms with Crippen molar-refractivity contribution in [2.24, 2.45) is 0 Å². The normalized spacial score (nSPS) is 19.0. The summed E-state index contributed by atoms with van der Waals surface area (Å²) >= 11 is 0. The Labute approximate surface area is 146 Å². The van der Waals surface area contributed by atoms with E-state index in [0.717, 1.165) is 0 Å². The van der Waals surface area contributed by atoms with Crippen molar-refractivity contribution >= 4 is 11.4 Å². The number of benzene rings is 2. The molecule has 2 fully saturated rings. The molecule has 2 aliphatic heterocycles. The highest BCUT2D eigenvalue weighted by Gasteiger charge is 2.19. The molecular formula is C22H28N2. The van der Waals surface area contributed by atoms with Crippen molar-refractivity contribution in [1.29, 1.82) is 0 Å².